The fraction of sp³-hybridized carbons (Fsp3) is 0.367. The normalized spacial score (nSPS) is 10.9. The molecule has 2 aromatic heterocycles. The molecule has 0 radical (unpaired) electrons. The van der Waals surface area contributed by atoms with Crippen LogP contribution in [0.15, 0.2) is 67.3 Å². The predicted molar refractivity (Wildman–Crippen MR) is 166 cm³/mol. The maximum Gasteiger partial charge on any atom is 0.251 e. The van der Waals surface area contributed by atoms with Gasteiger partial charge in [-0.3, -0.25) is 4.79 Å². The van der Waals surface area contributed by atoms with E-state index < -0.39 is 0 Å². The van der Waals surface area contributed by atoms with Gasteiger partial charge in [0.1, 0.15) is 5.82 Å². The number of rotatable bonds is 20. The topological polar surface area (TPSA) is 166 Å². The summed E-state index contributed by atoms with van der Waals surface area (Å²) in [5.41, 5.74) is 7.75. The number of benzene rings is 2. The number of aromatic nitrogens is 5. The van der Waals surface area contributed by atoms with Crippen molar-refractivity contribution in [3.63, 3.8) is 0 Å². The third kappa shape index (κ3) is 11.6. The number of amides is 1. The van der Waals surface area contributed by atoms with Crippen LogP contribution >= 0.6 is 0 Å². The molecule has 4 aromatic rings. The van der Waals surface area contributed by atoms with E-state index in [0.717, 1.165) is 24.1 Å². The van der Waals surface area contributed by atoms with Gasteiger partial charge in [-0.05, 0) is 41.8 Å². The highest BCUT2D eigenvalue weighted by Gasteiger charge is 2.09. The van der Waals surface area contributed by atoms with E-state index in [-0.39, 0.29) is 11.7 Å². The fourth-order valence-corrected chi connectivity index (χ4v) is 3.98. The lowest BCUT2D eigenvalue weighted by Gasteiger charge is -2.12. The molecule has 0 spiro atoms. The van der Waals surface area contributed by atoms with Gasteiger partial charge >= 0.3 is 0 Å². The minimum absolute atomic E-state index is 0.175. The monoisotopic (exact) mass is 606 g/mol. The number of halogens is 1. The molecule has 0 bridgehead atoms. The highest BCUT2D eigenvalue weighted by molar-refractivity contribution is 5.94. The van der Waals surface area contributed by atoms with Crippen molar-refractivity contribution in [3.8, 4) is 0 Å². The molecule has 4 rings (SSSR count). The Labute approximate surface area is 255 Å². The molecule has 0 aliphatic heterocycles. The number of nitrogens with two attached hydrogens (primary N) is 1. The minimum atomic E-state index is -0.290. The molecule has 0 unspecified atom stereocenters. The molecule has 0 saturated carbocycles. The lowest BCUT2D eigenvalue weighted by molar-refractivity contribution is 0.0511. The fourth-order valence-electron chi connectivity index (χ4n) is 3.98. The average molecular weight is 607 g/mol. The van der Waals surface area contributed by atoms with Gasteiger partial charge in [-0.1, -0.05) is 24.3 Å². The van der Waals surface area contributed by atoms with E-state index in [2.05, 4.69) is 41.2 Å². The molecule has 0 atom stereocenters. The number of hydrogen-bond acceptors (Lipinski definition) is 11. The number of hydrogen-bond donors (Lipinski definition) is 5. The second-order valence-corrected chi connectivity index (χ2v) is 9.69. The molecule has 44 heavy (non-hydrogen) atoms. The van der Waals surface area contributed by atoms with Crippen LogP contribution in [0, 0.1) is 5.82 Å². The standard InChI is InChI=1S/C30H39FN10O3/c31-26-8-4-24(5-9-26)21-37-30-39-28(35-11-1-14-41-15-12-33-22-41)38-29(40-30)36-20-23-2-6-25(7-3-23)27(42)34-13-17-44-19-18-43-16-10-32/h2-9,12,15,22H,1,10-11,13-14,16-21,32H2,(H,34,42)(H3,35,36,37,38,39,40). The maximum absolute atomic E-state index is 13.3. The van der Waals surface area contributed by atoms with E-state index in [9.17, 15) is 9.18 Å². The Morgan fingerprint density at radius 3 is 2.02 bits per heavy atom. The van der Waals surface area contributed by atoms with Crippen molar-refractivity contribution in [2.45, 2.75) is 26.1 Å². The number of anilines is 3. The molecule has 13 nitrogen and oxygen atoms in total. The summed E-state index contributed by atoms with van der Waals surface area (Å²) in [7, 11) is 0. The van der Waals surface area contributed by atoms with Gasteiger partial charge in [0.15, 0.2) is 0 Å². The van der Waals surface area contributed by atoms with Gasteiger partial charge in [-0.15, -0.1) is 0 Å². The number of nitrogens with zero attached hydrogens (tertiary/aromatic N) is 5. The van der Waals surface area contributed by atoms with E-state index in [1.54, 1.807) is 36.8 Å². The van der Waals surface area contributed by atoms with Crippen molar-refractivity contribution in [1.29, 1.82) is 0 Å². The van der Waals surface area contributed by atoms with Crippen molar-refractivity contribution in [2.75, 3.05) is 62.0 Å². The molecule has 0 aliphatic carbocycles. The molecule has 2 heterocycles. The Morgan fingerprint density at radius 1 is 0.795 bits per heavy atom. The van der Waals surface area contributed by atoms with Gasteiger partial charge < -0.3 is 41.0 Å². The third-order valence-corrected chi connectivity index (χ3v) is 6.27. The number of ether oxygens (including phenoxy) is 2. The van der Waals surface area contributed by atoms with Crippen LogP contribution in [0.1, 0.15) is 27.9 Å². The smallest absolute Gasteiger partial charge is 0.251 e. The van der Waals surface area contributed by atoms with Gasteiger partial charge in [0, 0.05) is 57.2 Å². The summed E-state index contributed by atoms with van der Waals surface area (Å²) < 4.78 is 26.0. The van der Waals surface area contributed by atoms with Gasteiger partial charge in [0.2, 0.25) is 17.8 Å². The first-order chi connectivity index (χ1) is 21.6. The molecule has 0 aliphatic rings. The zero-order valence-corrected chi connectivity index (χ0v) is 24.5. The first-order valence-electron chi connectivity index (χ1n) is 14.5. The number of carbonyl (C=O) groups excluding carboxylic acids is 1. The minimum Gasteiger partial charge on any atom is -0.378 e. The predicted octanol–water partition coefficient (Wildman–Crippen LogP) is 2.66. The lowest BCUT2D eigenvalue weighted by Crippen LogP contribution is -2.27. The van der Waals surface area contributed by atoms with E-state index in [1.807, 2.05) is 22.9 Å². The summed E-state index contributed by atoms with van der Waals surface area (Å²) in [6, 6.07) is 13.5. The van der Waals surface area contributed by atoms with Crippen LogP contribution in [0.4, 0.5) is 22.2 Å². The van der Waals surface area contributed by atoms with E-state index >= 15 is 0 Å². The second-order valence-electron chi connectivity index (χ2n) is 9.69. The third-order valence-electron chi connectivity index (χ3n) is 6.27. The van der Waals surface area contributed by atoms with Crippen molar-refractivity contribution in [2.24, 2.45) is 5.73 Å². The molecule has 1 amide bonds. The summed E-state index contributed by atoms with van der Waals surface area (Å²) in [6.07, 6.45) is 6.29. The first kappa shape index (κ1) is 32.3. The van der Waals surface area contributed by atoms with Gasteiger partial charge in [-0.2, -0.15) is 15.0 Å². The Bertz CT molecular complexity index is 1390. The second kappa shape index (κ2) is 18.1. The molecule has 234 valence electrons. The molecule has 2 aromatic carbocycles. The molecule has 0 fully saturated rings. The number of imidazole rings is 1. The summed E-state index contributed by atoms with van der Waals surface area (Å²) >= 11 is 0. The highest BCUT2D eigenvalue weighted by atomic mass is 19.1. The average Bonchev–Trinajstić information content (AvgIpc) is 3.57. The van der Waals surface area contributed by atoms with Gasteiger partial charge in [-0.25, -0.2) is 9.37 Å². The van der Waals surface area contributed by atoms with Crippen LogP contribution in [0.3, 0.4) is 0 Å². The van der Waals surface area contributed by atoms with Crippen molar-refractivity contribution < 1.29 is 18.7 Å². The quantitative estimate of drug-likeness (QED) is 0.0939. The van der Waals surface area contributed by atoms with Gasteiger partial charge in [0.25, 0.3) is 5.91 Å². The Balaban J connectivity index is 1.28. The van der Waals surface area contributed by atoms with Gasteiger partial charge in [0.05, 0.1) is 32.8 Å². The van der Waals surface area contributed by atoms with Crippen LogP contribution in [0.2, 0.25) is 0 Å². The molecule has 14 heteroatoms. The highest BCUT2D eigenvalue weighted by Crippen LogP contribution is 2.13. The summed E-state index contributed by atoms with van der Waals surface area (Å²) in [5, 5.41) is 12.5. The van der Waals surface area contributed by atoms with Crippen molar-refractivity contribution >= 4 is 23.8 Å². The SMILES string of the molecule is NCCOCCOCCNC(=O)c1ccc(CNc2nc(NCCCn3ccnc3)nc(NCc3ccc(F)cc3)n2)cc1. The van der Waals surface area contributed by atoms with Crippen LogP contribution in [0.25, 0.3) is 0 Å². The molecule has 0 saturated heterocycles. The lowest BCUT2D eigenvalue weighted by atomic mass is 10.1. The largest absolute Gasteiger partial charge is 0.378 e. The Morgan fingerprint density at radius 2 is 1.41 bits per heavy atom. The summed E-state index contributed by atoms with van der Waals surface area (Å²) in [4.78, 5) is 30.0. The number of carbonyl (C=O) groups is 1. The van der Waals surface area contributed by atoms with Crippen molar-refractivity contribution in [1.82, 2.24) is 29.8 Å². The Hall–Kier alpha value is -4.66. The van der Waals surface area contributed by atoms with Crippen molar-refractivity contribution in [3.05, 3.63) is 89.8 Å². The van der Waals surface area contributed by atoms with E-state index in [4.69, 9.17) is 15.2 Å². The number of nitrogens with one attached hydrogen (secondary N) is 4. The first-order valence-corrected chi connectivity index (χ1v) is 14.5. The molecular weight excluding hydrogens is 567 g/mol. The molecular formula is C30H39FN10O3. The zero-order chi connectivity index (χ0) is 30.8. The van der Waals surface area contributed by atoms with E-state index in [1.165, 1.54) is 12.1 Å². The van der Waals surface area contributed by atoms with Crippen LogP contribution in [-0.2, 0) is 29.1 Å². The van der Waals surface area contributed by atoms with Crippen LogP contribution in [-0.4, -0.2) is 76.5 Å². The number of aryl methyl sites for hydroxylation is 1. The summed E-state index contributed by atoms with van der Waals surface area (Å²) in [5.74, 6) is 0.721. The van der Waals surface area contributed by atoms with E-state index in [0.29, 0.717) is 82.6 Å². The Kier molecular flexibility index (Phi) is 13.3. The van der Waals surface area contributed by atoms with Crippen LogP contribution in [0.5, 0.6) is 0 Å². The zero-order valence-electron chi connectivity index (χ0n) is 24.5. The summed E-state index contributed by atoms with van der Waals surface area (Å²) in [6.45, 7) is 5.02. The molecule has 6 N–H and O–H groups in total. The maximum atomic E-state index is 13.3. The van der Waals surface area contributed by atoms with Crippen LogP contribution < -0.4 is 27.0 Å².